The minimum Gasteiger partial charge on any atom is -0.357 e. The summed E-state index contributed by atoms with van der Waals surface area (Å²) in [6, 6.07) is 6.59. The second-order valence-corrected chi connectivity index (χ2v) is 5.11. The second-order valence-electron chi connectivity index (χ2n) is 5.11. The van der Waals surface area contributed by atoms with E-state index in [2.05, 4.69) is 22.5 Å². The number of benzene rings is 1. The highest BCUT2D eigenvalue weighted by Gasteiger charge is 2.05. The summed E-state index contributed by atoms with van der Waals surface area (Å²) in [4.78, 5) is 14.9. The third-order valence-electron chi connectivity index (χ3n) is 3.21. The molecular formula is C16H26N4O2. The van der Waals surface area contributed by atoms with Crippen molar-refractivity contribution in [3.63, 3.8) is 0 Å². The summed E-state index contributed by atoms with van der Waals surface area (Å²) < 4.78 is 0. The molecular weight excluding hydrogens is 280 g/mol. The van der Waals surface area contributed by atoms with Gasteiger partial charge in [0.1, 0.15) is 0 Å². The molecule has 0 atom stereocenters. The van der Waals surface area contributed by atoms with Gasteiger partial charge in [-0.3, -0.25) is 10.1 Å². The fraction of sp³-hybridized carbons (Fsp3) is 0.562. The quantitative estimate of drug-likeness (QED) is 0.241. The van der Waals surface area contributed by atoms with Crippen LogP contribution in [0.1, 0.15) is 45.1 Å². The lowest BCUT2D eigenvalue weighted by Gasteiger charge is -2.11. The van der Waals surface area contributed by atoms with Crippen molar-refractivity contribution < 1.29 is 4.92 Å². The van der Waals surface area contributed by atoms with Crippen LogP contribution in [0.15, 0.2) is 29.3 Å². The molecule has 122 valence electrons. The Hall–Kier alpha value is -2.11. The number of aliphatic imine (C=N–C) groups is 1. The maximum absolute atomic E-state index is 10.8. The highest BCUT2D eigenvalue weighted by molar-refractivity contribution is 5.79. The van der Waals surface area contributed by atoms with Gasteiger partial charge in [-0.15, -0.1) is 0 Å². The monoisotopic (exact) mass is 306 g/mol. The molecule has 2 N–H and O–H groups in total. The van der Waals surface area contributed by atoms with E-state index in [4.69, 9.17) is 0 Å². The number of nitro benzene ring substituents is 1. The molecule has 0 unspecified atom stereocenters. The molecule has 0 saturated heterocycles. The summed E-state index contributed by atoms with van der Waals surface area (Å²) in [6.07, 6.45) is 4.81. The van der Waals surface area contributed by atoms with Crippen molar-refractivity contribution in [3.8, 4) is 0 Å². The Morgan fingerprint density at radius 1 is 1.23 bits per heavy atom. The maximum Gasteiger partial charge on any atom is 0.269 e. The molecule has 1 aromatic rings. The van der Waals surface area contributed by atoms with Gasteiger partial charge in [-0.05, 0) is 18.9 Å². The zero-order valence-electron chi connectivity index (χ0n) is 13.5. The fourth-order valence-corrected chi connectivity index (χ4v) is 2.04. The van der Waals surface area contributed by atoms with E-state index < -0.39 is 0 Å². The van der Waals surface area contributed by atoms with Gasteiger partial charge in [-0.2, -0.15) is 0 Å². The van der Waals surface area contributed by atoms with Crippen molar-refractivity contribution in [2.45, 2.75) is 46.1 Å². The Bertz CT molecular complexity index is 489. The Kier molecular flexibility index (Phi) is 8.64. The van der Waals surface area contributed by atoms with Gasteiger partial charge < -0.3 is 10.6 Å². The molecule has 0 bridgehead atoms. The van der Waals surface area contributed by atoms with Gasteiger partial charge in [0, 0.05) is 25.2 Å². The third kappa shape index (κ3) is 7.06. The lowest BCUT2D eigenvalue weighted by Crippen LogP contribution is -2.37. The summed E-state index contributed by atoms with van der Waals surface area (Å²) in [5, 5.41) is 17.2. The molecule has 0 aliphatic rings. The van der Waals surface area contributed by atoms with E-state index in [1.807, 2.05) is 13.0 Å². The van der Waals surface area contributed by atoms with E-state index in [0.29, 0.717) is 6.54 Å². The number of nitro groups is 1. The molecule has 0 amide bonds. The minimum atomic E-state index is -0.385. The van der Waals surface area contributed by atoms with Crippen LogP contribution in [-0.4, -0.2) is 24.0 Å². The van der Waals surface area contributed by atoms with Gasteiger partial charge in [-0.1, -0.05) is 38.3 Å². The minimum absolute atomic E-state index is 0.102. The highest BCUT2D eigenvalue weighted by atomic mass is 16.6. The molecule has 0 aliphatic heterocycles. The number of non-ortho nitro benzene ring substituents is 1. The number of guanidine groups is 1. The van der Waals surface area contributed by atoms with Crippen molar-refractivity contribution in [2.75, 3.05) is 13.1 Å². The van der Waals surface area contributed by atoms with Crippen LogP contribution in [0.4, 0.5) is 5.69 Å². The molecule has 0 saturated carbocycles. The predicted octanol–water partition coefficient (Wildman–Crippen LogP) is 3.23. The normalized spacial score (nSPS) is 11.3. The topological polar surface area (TPSA) is 79.6 Å². The number of hydrogen-bond donors (Lipinski definition) is 2. The van der Waals surface area contributed by atoms with Crippen LogP contribution in [-0.2, 0) is 6.54 Å². The van der Waals surface area contributed by atoms with Gasteiger partial charge >= 0.3 is 0 Å². The van der Waals surface area contributed by atoms with Gasteiger partial charge in [0.15, 0.2) is 5.96 Å². The number of hydrogen-bond acceptors (Lipinski definition) is 3. The van der Waals surface area contributed by atoms with Gasteiger partial charge in [-0.25, -0.2) is 4.99 Å². The Balaban J connectivity index is 2.54. The Labute approximate surface area is 132 Å². The summed E-state index contributed by atoms with van der Waals surface area (Å²) in [7, 11) is 0. The molecule has 1 aromatic carbocycles. The summed E-state index contributed by atoms with van der Waals surface area (Å²) in [6.45, 7) is 6.31. The standard InChI is InChI=1S/C16H26N4O2/c1-3-5-6-7-11-18-16(17-4-2)19-13-14-9-8-10-15(12-14)20(21)22/h8-10,12H,3-7,11,13H2,1-2H3,(H2,17,18,19). The number of nitrogens with zero attached hydrogens (tertiary/aromatic N) is 2. The average Bonchev–Trinajstić information content (AvgIpc) is 2.52. The van der Waals surface area contributed by atoms with E-state index in [1.165, 1.54) is 25.3 Å². The number of rotatable bonds is 9. The first-order chi connectivity index (χ1) is 10.7. The zero-order chi connectivity index (χ0) is 16.2. The molecule has 0 radical (unpaired) electrons. The number of unbranched alkanes of at least 4 members (excludes halogenated alkanes) is 3. The average molecular weight is 306 g/mol. The molecule has 22 heavy (non-hydrogen) atoms. The van der Waals surface area contributed by atoms with Crippen LogP contribution in [0.25, 0.3) is 0 Å². The molecule has 0 fully saturated rings. The highest BCUT2D eigenvalue weighted by Crippen LogP contribution is 2.13. The maximum atomic E-state index is 10.8. The molecule has 0 aromatic heterocycles. The Morgan fingerprint density at radius 2 is 2.05 bits per heavy atom. The summed E-state index contributed by atoms with van der Waals surface area (Å²) >= 11 is 0. The van der Waals surface area contributed by atoms with Crippen LogP contribution in [0, 0.1) is 10.1 Å². The SMILES string of the molecule is CCCCCCNC(=NCc1cccc([N+](=O)[O-])c1)NCC. The van der Waals surface area contributed by atoms with E-state index in [1.54, 1.807) is 12.1 Å². The van der Waals surface area contributed by atoms with Crippen molar-refractivity contribution in [1.82, 2.24) is 10.6 Å². The van der Waals surface area contributed by atoms with Crippen molar-refractivity contribution in [3.05, 3.63) is 39.9 Å². The van der Waals surface area contributed by atoms with Gasteiger partial charge in [0.2, 0.25) is 0 Å². The first-order valence-corrected chi connectivity index (χ1v) is 7.92. The first kappa shape index (κ1) is 17.9. The molecule has 1 rings (SSSR count). The molecule has 0 spiro atoms. The van der Waals surface area contributed by atoms with Crippen LogP contribution >= 0.6 is 0 Å². The molecule has 0 aliphatic carbocycles. The fourth-order valence-electron chi connectivity index (χ4n) is 2.04. The molecule has 6 nitrogen and oxygen atoms in total. The largest absolute Gasteiger partial charge is 0.357 e. The molecule has 6 heteroatoms. The van der Waals surface area contributed by atoms with Crippen LogP contribution in [0.5, 0.6) is 0 Å². The van der Waals surface area contributed by atoms with Gasteiger partial charge in [0.05, 0.1) is 11.5 Å². The molecule has 0 heterocycles. The van der Waals surface area contributed by atoms with E-state index in [0.717, 1.165) is 31.0 Å². The summed E-state index contributed by atoms with van der Waals surface area (Å²) in [5.41, 5.74) is 0.933. The predicted molar refractivity (Wildman–Crippen MR) is 90.1 cm³/mol. The van der Waals surface area contributed by atoms with Crippen molar-refractivity contribution in [2.24, 2.45) is 4.99 Å². The van der Waals surface area contributed by atoms with Crippen molar-refractivity contribution >= 4 is 11.6 Å². The first-order valence-electron chi connectivity index (χ1n) is 7.92. The lowest BCUT2D eigenvalue weighted by molar-refractivity contribution is -0.384. The van der Waals surface area contributed by atoms with Crippen LogP contribution in [0.2, 0.25) is 0 Å². The van der Waals surface area contributed by atoms with Gasteiger partial charge in [0.25, 0.3) is 5.69 Å². The number of nitrogens with one attached hydrogen (secondary N) is 2. The van der Waals surface area contributed by atoms with Crippen LogP contribution < -0.4 is 10.6 Å². The van der Waals surface area contributed by atoms with E-state index >= 15 is 0 Å². The Morgan fingerprint density at radius 3 is 2.73 bits per heavy atom. The van der Waals surface area contributed by atoms with E-state index in [9.17, 15) is 10.1 Å². The van der Waals surface area contributed by atoms with E-state index in [-0.39, 0.29) is 10.6 Å². The van der Waals surface area contributed by atoms with Crippen molar-refractivity contribution in [1.29, 1.82) is 0 Å². The third-order valence-corrected chi connectivity index (χ3v) is 3.21. The van der Waals surface area contributed by atoms with Crippen LogP contribution in [0.3, 0.4) is 0 Å². The zero-order valence-corrected chi connectivity index (χ0v) is 13.5. The summed E-state index contributed by atoms with van der Waals surface area (Å²) in [5.74, 6) is 0.755. The smallest absolute Gasteiger partial charge is 0.269 e. The second kappa shape index (κ2) is 10.6. The lowest BCUT2D eigenvalue weighted by atomic mass is 10.2.